The van der Waals surface area contributed by atoms with Crippen LogP contribution in [0.15, 0.2) is 39.5 Å². The minimum Gasteiger partial charge on any atom is -0.422 e. The highest BCUT2D eigenvalue weighted by Crippen LogP contribution is 2.61. The van der Waals surface area contributed by atoms with Crippen LogP contribution < -0.4 is 10.9 Å². The van der Waals surface area contributed by atoms with Crippen molar-refractivity contribution in [3.63, 3.8) is 0 Å². The lowest BCUT2D eigenvalue weighted by atomic mass is 9.50. The number of fused-ring (bicyclic) bond motifs is 1. The molecule has 6 nitrogen and oxygen atoms in total. The number of aromatic nitrogens is 2. The maximum absolute atomic E-state index is 12.7. The van der Waals surface area contributed by atoms with E-state index >= 15 is 0 Å². The van der Waals surface area contributed by atoms with E-state index in [2.05, 4.69) is 15.5 Å². The third-order valence-electron chi connectivity index (χ3n) is 7.02. The van der Waals surface area contributed by atoms with Crippen molar-refractivity contribution in [2.24, 2.45) is 17.8 Å². The van der Waals surface area contributed by atoms with E-state index in [0.29, 0.717) is 16.1 Å². The van der Waals surface area contributed by atoms with Crippen molar-refractivity contribution in [2.45, 2.75) is 43.9 Å². The van der Waals surface area contributed by atoms with Crippen molar-refractivity contribution in [2.75, 3.05) is 5.32 Å². The number of nitrogens with zero attached hydrogens (tertiary/aromatic N) is 2. The van der Waals surface area contributed by atoms with Gasteiger partial charge in [0, 0.05) is 10.8 Å². The number of nitrogens with one attached hydrogen (secondary N) is 1. The van der Waals surface area contributed by atoms with Gasteiger partial charge in [-0.1, -0.05) is 29.5 Å². The van der Waals surface area contributed by atoms with E-state index in [0.717, 1.165) is 22.8 Å². The lowest BCUT2D eigenvalue weighted by Gasteiger charge is -2.55. The van der Waals surface area contributed by atoms with Gasteiger partial charge in [0.1, 0.15) is 16.2 Å². The topological polar surface area (TPSA) is 85.1 Å². The molecule has 0 spiro atoms. The molecule has 1 N–H and O–H groups in total. The van der Waals surface area contributed by atoms with E-state index in [-0.39, 0.29) is 11.0 Å². The first-order valence-corrected chi connectivity index (χ1v) is 11.1. The van der Waals surface area contributed by atoms with Gasteiger partial charge in [0.05, 0.1) is 0 Å². The van der Waals surface area contributed by atoms with E-state index < -0.39 is 11.5 Å². The van der Waals surface area contributed by atoms with Gasteiger partial charge in [-0.3, -0.25) is 10.1 Å². The standard InChI is InChI=1S/C22H21N3O3S/c26-18(16-8-15-3-1-2-4-17(15)28-19(16)27)23-21-25-24-20(29-21)22-9-12-5-13(10-22)7-14(6-12)11-22/h1-4,8,12-14H,5-7,9-11H2,(H,23,25,26). The summed E-state index contributed by atoms with van der Waals surface area (Å²) >= 11 is 1.47. The van der Waals surface area contributed by atoms with E-state index in [1.807, 2.05) is 12.1 Å². The highest BCUT2D eigenvalue weighted by atomic mass is 32.1. The normalized spacial score (nSPS) is 30.0. The molecule has 4 bridgehead atoms. The number of anilines is 1. The fraction of sp³-hybridized carbons (Fsp3) is 0.455. The van der Waals surface area contributed by atoms with Gasteiger partial charge in [-0.25, -0.2) is 4.79 Å². The van der Waals surface area contributed by atoms with Crippen molar-refractivity contribution in [1.82, 2.24) is 10.2 Å². The lowest BCUT2D eigenvalue weighted by Crippen LogP contribution is -2.48. The molecular formula is C22H21N3O3S. The summed E-state index contributed by atoms with van der Waals surface area (Å²) in [6, 6.07) is 8.72. The van der Waals surface area contributed by atoms with Gasteiger partial charge in [-0.05, 0) is 68.4 Å². The van der Waals surface area contributed by atoms with Gasteiger partial charge >= 0.3 is 5.63 Å². The SMILES string of the molecule is O=C(Nc1nnc(C23CC4CC(CC(C4)C2)C3)s1)c1cc2ccccc2oc1=O. The van der Waals surface area contributed by atoms with Crippen molar-refractivity contribution < 1.29 is 9.21 Å². The average Bonchev–Trinajstić information content (AvgIpc) is 3.16. The highest BCUT2D eigenvalue weighted by molar-refractivity contribution is 7.15. The second-order valence-electron chi connectivity index (χ2n) is 9.05. The molecule has 0 radical (unpaired) electrons. The van der Waals surface area contributed by atoms with E-state index in [9.17, 15) is 9.59 Å². The molecule has 2 heterocycles. The Balaban J connectivity index is 1.27. The van der Waals surface area contributed by atoms with E-state index in [4.69, 9.17) is 4.42 Å². The van der Waals surface area contributed by atoms with Gasteiger partial charge in [0.15, 0.2) is 0 Å². The molecule has 4 aliphatic carbocycles. The molecule has 0 atom stereocenters. The van der Waals surface area contributed by atoms with Gasteiger partial charge < -0.3 is 4.42 Å². The van der Waals surface area contributed by atoms with Crippen LogP contribution in [0, 0.1) is 17.8 Å². The second kappa shape index (κ2) is 6.23. The fourth-order valence-corrected chi connectivity index (χ4v) is 7.20. The summed E-state index contributed by atoms with van der Waals surface area (Å²) < 4.78 is 5.27. The van der Waals surface area contributed by atoms with E-state index in [1.54, 1.807) is 18.2 Å². The van der Waals surface area contributed by atoms with Gasteiger partial charge in [-0.15, -0.1) is 10.2 Å². The minimum absolute atomic E-state index is 0.0183. The Morgan fingerprint density at radius 1 is 1.07 bits per heavy atom. The van der Waals surface area contributed by atoms with Gasteiger partial charge in [-0.2, -0.15) is 0 Å². The smallest absolute Gasteiger partial charge is 0.349 e. The first kappa shape index (κ1) is 17.3. The number of para-hydroxylation sites is 1. The number of carbonyl (C=O) groups is 1. The van der Waals surface area contributed by atoms with Crippen LogP contribution in [0.3, 0.4) is 0 Å². The average molecular weight is 407 g/mol. The Morgan fingerprint density at radius 3 is 2.48 bits per heavy atom. The van der Waals surface area contributed by atoms with Crippen LogP contribution >= 0.6 is 11.3 Å². The number of benzene rings is 1. The molecule has 3 aromatic rings. The predicted octanol–water partition coefficient (Wildman–Crippen LogP) is 4.36. The third-order valence-corrected chi connectivity index (χ3v) is 8.11. The highest BCUT2D eigenvalue weighted by Gasteiger charge is 2.53. The molecule has 0 saturated heterocycles. The van der Waals surface area contributed by atoms with Crippen LogP contribution in [0.2, 0.25) is 0 Å². The summed E-state index contributed by atoms with van der Waals surface area (Å²) in [4.78, 5) is 24.9. The van der Waals surface area contributed by atoms with Crippen LogP contribution in [0.5, 0.6) is 0 Å². The number of rotatable bonds is 3. The zero-order chi connectivity index (χ0) is 19.6. The molecule has 7 rings (SSSR count). The summed E-state index contributed by atoms with van der Waals surface area (Å²) in [5.74, 6) is 1.97. The lowest BCUT2D eigenvalue weighted by molar-refractivity contribution is -0.00555. The number of hydrogen-bond donors (Lipinski definition) is 1. The summed E-state index contributed by atoms with van der Waals surface area (Å²) in [6.07, 6.45) is 7.74. The summed E-state index contributed by atoms with van der Waals surface area (Å²) in [6.45, 7) is 0. The monoisotopic (exact) mass is 407 g/mol. The molecule has 148 valence electrons. The molecule has 4 aliphatic rings. The first-order chi connectivity index (χ1) is 14.1. The summed E-state index contributed by atoms with van der Waals surface area (Å²) in [5.41, 5.74) is -0.0477. The largest absolute Gasteiger partial charge is 0.422 e. The maximum Gasteiger partial charge on any atom is 0.349 e. The Bertz CT molecular complexity index is 1150. The molecule has 2 aromatic heterocycles. The van der Waals surface area contributed by atoms with Gasteiger partial charge in [0.2, 0.25) is 5.13 Å². The zero-order valence-electron chi connectivity index (χ0n) is 15.9. The minimum atomic E-state index is -0.646. The zero-order valence-corrected chi connectivity index (χ0v) is 16.7. The molecule has 4 fully saturated rings. The molecule has 0 aliphatic heterocycles. The van der Waals surface area contributed by atoms with Crippen LogP contribution in [0.25, 0.3) is 11.0 Å². The maximum atomic E-state index is 12.7. The molecule has 7 heteroatoms. The number of hydrogen-bond acceptors (Lipinski definition) is 6. The van der Waals surface area contributed by atoms with E-state index in [1.165, 1.54) is 49.9 Å². The molecule has 1 amide bonds. The second-order valence-corrected chi connectivity index (χ2v) is 10.0. The van der Waals surface area contributed by atoms with Crippen molar-refractivity contribution in [3.05, 3.63) is 51.3 Å². The van der Waals surface area contributed by atoms with Crippen LogP contribution in [-0.4, -0.2) is 16.1 Å². The summed E-state index contributed by atoms with van der Waals surface area (Å²) in [7, 11) is 0. The first-order valence-electron chi connectivity index (χ1n) is 10.3. The molecule has 1 aromatic carbocycles. The quantitative estimate of drug-likeness (QED) is 0.652. The molecule has 29 heavy (non-hydrogen) atoms. The van der Waals surface area contributed by atoms with Crippen LogP contribution in [0.4, 0.5) is 5.13 Å². The van der Waals surface area contributed by atoms with Crippen molar-refractivity contribution in [3.8, 4) is 0 Å². The van der Waals surface area contributed by atoms with Crippen LogP contribution in [-0.2, 0) is 5.41 Å². The molecular weight excluding hydrogens is 386 g/mol. The van der Waals surface area contributed by atoms with Crippen molar-refractivity contribution in [1.29, 1.82) is 0 Å². The fourth-order valence-electron chi connectivity index (χ4n) is 6.25. The molecule has 0 unspecified atom stereocenters. The third kappa shape index (κ3) is 2.82. The Morgan fingerprint density at radius 2 is 1.76 bits per heavy atom. The number of amides is 1. The van der Waals surface area contributed by atoms with Crippen molar-refractivity contribution >= 4 is 33.3 Å². The summed E-state index contributed by atoms with van der Waals surface area (Å²) in [5, 5.41) is 13.7. The van der Waals surface area contributed by atoms with Crippen LogP contribution in [0.1, 0.15) is 53.9 Å². The Kier molecular flexibility index (Phi) is 3.72. The Hall–Kier alpha value is -2.54. The number of carbonyl (C=O) groups excluding carboxylic acids is 1. The van der Waals surface area contributed by atoms with Gasteiger partial charge in [0.25, 0.3) is 5.91 Å². The predicted molar refractivity (Wildman–Crippen MR) is 110 cm³/mol. The molecule has 4 saturated carbocycles. The Labute approximate surface area is 171 Å².